The number of piperidine rings is 1. The van der Waals surface area contributed by atoms with Gasteiger partial charge in [-0.25, -0.2) is 0 Å². The minimum Gasteiger partial charge on any atom is -0.330 e. The molecule has 1 fully saturated rings. The number of rotatable bonds is 3. The summed E-state index contributed by atoms with van der Waals surface area (Å²) in [6.07, 6.45) is 2.24. The van der Waals surface area contributed by atoms with Crippen LogP contribution in [-0.2, 0) is 16.1 Å². The highest BCUT2D eigenvalue weighted by Gasteiger charge is 2.38. The molecule has 0 radical (unpaired) electrons. The summed E-state index contributed by atoms with van der Waals surface area (Å²) < 4.78 is 0. The van der Waals surface area contributed by atoms with E-state index in [4.69, 9.17) is 5.73 Å². The van der Waals surface area contributed by atoms with Crippen LogP contribution in [0.5, 0.6) is 0 Å². The quantitative estimate of drug-likeness (QED) is 0.476. The van der Waals surface area contributed by atoms with Crippen molar-refractivity contribution in [1.82, 2.24) is 10.2 Å². The molecule has 0 spiro atoms. The van der Waals surface area contributed by atoms with Crippen LogP contribution >= 0.6 is 12.4 Å². The molecule has 7 heteroatoms. The van der Waals surface area contributed by atoms with E-state index < -0.39 is 11.9 Å². The fraction of sp³-hybridized carbons (Fsp3) is 0.389. The fourth-order valence-electron chi connectivity index (χ4n) is 3.01. The van der Waals surface area contributed by atoms with Crippen molar-refractivity contribution in [1.29, 1.82) is 0 Å². The van der Waals surface area contributed by atoms with Crippen LogP contribution in [0.1, 0.15) is 47.2 Å². The Bertz CT molecular complexity index is 767. The van der Waals surface area contributed by atoms with Gasteiger partial charge in [0.2, 0.25) is 11.8 Å². The summed E-state index contributed by atoms with van der Waals surface area (Å²) in [7, 11) is 0. The van der Waals surface area contributed by atoms with Gasteiger partial charge in [0.1, 0.15) is 6.04 Å². The Hall–Kier alpha value is -2.36. The molecule has 1 unspecified atom stereocenters. The van der Waals surface area contributed by atoms with Gasteiger partial charge < -0.3 is 10.6 Å². The molecule has 1 saturated heterocycles. The molecule has 1 atom stereocenters. The Labute approximate surface area is 152 Å². The lowest BCUT2D eigenvalue weighted by atomic mass is 10.0. The second-order valence-electron chi connectivity index (χ2n) is 5.97. The van der Waals surface area contributed by atoms with Crippen LogP contribution in [0.15, 0.2) is 18.2 Å². The molecule has 0 saturated carbocycles. The zero-order chi connectivity index (χ0) is 17.1. The van der Waals surface area contributed by atoms with Crippen molar-refractivity contribution in [3.8, 4) is 11.8 Å². The second-order valence-corrected chi connectivity index (χ2v) is 5.97. The highest BCUT2D eigenvalue weighted by Crippen LogP contribution is 2.28. The molecule has 6 nitrogen and oxygen atoms in total. The van der Waals surface area contributed by atoms with Crippen molar-refractivity contribution in [3.05, 3.63) is 34.9 Å². The third kappa shape index (κ3) is 4.01. The molecule has 2 aliphatic heterocycles. The van der Waals surface area contributed by atoms with Crippen LogP contribution in [-0.4, -0.2) is 35.2 Å². The van der Waals surface area contributed by atoms with E-state index in [1.165, 1.54) is 4.90 Å². The lowest BCUT2D eigenvalue weighted by Gasteiger charge is -2.29. The predicted molar refractivity (Wildman–Crippen MR) is 94.9 cm³/mol. The number of hydrogen-bond donors (Lipinski definition) is 2. The molecular formula is C18H20ClN3O3. The van der Waals surface area contributed by atoms with Crippen LogP contribution in [0, 0.1) is 11.8 Å². The largest absolute Gasteiger partial charge is 0.330 e. The number of hydrogen-bond acceptors (Lipinski definition) is 4. The van der Waals surface area contributed by atoms with Gasteiger partial charge in [0.05, 0.1) is 0 Å². The van der Waals surface area contributed by atoms with Crippen LogP contribution in [0.25, 0.3) is 0 Å². The number of halogens is 1. The molecule has 3 rings (SSSR count). The molecule has 0 aromatic heterocycles. The molecule has 2 aliphatic rings. The molecule has 132 valence electrons. The molecule has 1 aromatic rings. The van der Waals surface area contributed by atoms with Gasteiger partial charge in [0, 0.05) is 30.5 Å². The number of carbonyl (C=O) groups excluding carboxylic acids is 3. The van der Waals surface area contributed by atoms with Crippen LogP contribution < -0.4 is 11.1 Å². The number of carbonyl (C=O) groups is 3. The van der Waals surface area contributed by atoms with E-state index in [2.05, 4.69) is 17.2 Å². The van der Waals surface area contributed by atoms with Crippen LogP contribution in [0.2, 0.25) is 0 Å². The Balaban J connectivity index is 0.00000225. The smallest absolute Gasteiger partial charge is 0.255 e. The maximum Gasteiger partial charge on any atom is 0.255 e. The van der Waals surface area contributed by atoms with E-state index in [0.29, 0.717) is 25.1 Å². The van der Waals surface area contributed by atoms with Crippen LogP contribution in [0.4, 0.5) is 0 Å². The molecule has 2 heterocycles. The summed E-state index contributed by atoms with van der Waals surface area (Å²) in [5.74, 6) is 5.29. The monoisotopic (exact) mass is 361 g/mol. The van der Waals surface area contributed by atoms with Crippen molar-refractivity contribution >= 4 is 30.1 Å². The Kier molecular flexibility index (Phi) is 6.18. The van der Waals surface area contributed by atoms with Gasteiger partial charge in [-0.3, -0.25) is 19.7 Å². The number of nitrogens with one attached hydrogen (secondary N) is 1. The lowest BCUT2D eigenvalue weighted by molar-refractivity contribution is -0.136. The molecular weight excluding hydrogens is 342 g/mol. The van der Waals surface area contributed by atoms with Gasteiger partial charge in [0.25, 0.3) is 5.91 Å². The van der Waals surface area contributed by atoms with Crippen molar-refractivity contribution in [2.45, 2.75) is 38.3 Å². The number of nitrogens with zero attached hydrogens (tertiary/aromatic N) is 1. The minimum atomic E-state index is -0.582. The average Bonchev–Trinajstić information content (AvgIpc) is 2.88. The summed E-state index contributed by atoms with van der Waals surface area (Å²) in [6, 6.07) is 4.90. The first-order valence-corrected chi connectivity index (χ1v) is 8.06. The van der Waals surface area contributed by atoms with Gasteiger partial charge >= 0.3 is 0 Å². The average molecular weight is 362 g/mol. The summed E-state index contributed by atoms with van der Waals surface area (Å²) in [5, 5.41) is 2.30. The first-order chi connectivity index (χ1) is 11.6. The third-order valence-corrected chi connectivity index (χ3v) is 4.26. The first-order valence-electron chi connectivity index (χ1n) is 8.06. The van der Waals surface area contributed by atoms with E-state index in [9.17, 15) is 14.4 Å². The van der Waals surface area contributed by atoms with Crippen molar-refractivity contribution < 1.29 is 14.4 Å². The Morgan fingerprint density at radius 3 is 2.80 bits per heavy atom. The maximum atomic E-state index is 12.5. The van der Waals surface area contributed by atoms with Crippen molar-refractivity contribution in [2.24, 2.45) is 5.73 Å². The van der Waals surface area contributed by atoms with E-state index in [0.717, 1.165) is 24.0 Å². The van der Waals surface area contributed by atoms with Gasteiger partial charge in [-0.05, 0) is 43.1 Å². The molecule has 3 N–H and O–H groups in total. The zero-order valence-corrected chi connectivity index (χ0v) is 14.5. The van der Waals surface area contributed by atoms with Gasteiger partial charge in [-0.1, -0.05) is 11.8 Å². The van der Waals surface area contributed by atoms with E-state index in [-0.39, 0.29) is 30.6 Å². The lowest BCUT2D eigenvalue weighted by Crippen LogP contribution is -2.52. The van der Waals surface area contributed by atoms with Gasteiger partial charge in [-0.15, -0.1) is 12.4 Å². The Morgan fingerprint density at radius 2 is 2.08 bits per heavy atom. The normalized spacial score (nSPS) is 18.8. The molecule has 0 aliphatic carbocycles. The topological polar surface area (TPSA) is 92.5 Å². The standard InChI is InChI=1S/C18H19N3O3.ClH/c19-9-3-1-2-4-12-5-6-14-13(10-12)11-21(18(14)24)15-7-8-16(22)20-17(15)23;/h5-6,10,15H,1,3,7-9,11,19H2,(H,20,22,23);1H. The second kappa shape index (κ2) is 8.15. The number of benzene rings is 1. The molecule has 0 bridgehead atoms. The SMILES string of the molecule is Cl.NCCCC#Cc1ccc2c(c1)CN(C1CCC(=O)NC1=O)C2=O. The predicted octanol–water partition coefficient (Wildman–Crippen LogP) is 0.960. The molecule has 25 heavy (non-hydrogen) atoms. The number of amides is 3. The van der Waals surface area contributed by atoms with Crippen molar-refractivity contribution in [2.75, 3.05) is 6.54 Å². The van der Waals surface area contributed by atoms with E-state index >= 15 is 0 Å². The Morgan fingerprint density at radius 1 is 1.28 bits per heavy atom. The van der Waals surface area contributed by atoms with E-state index in [1.807, 2.05) is 12.1 Å². The fourth-order valence-corrected chi connectivity index (χ4v) is 3.01. The number of imide groups is 1. The third-order valence-electron chi connectivity index (χ3n) is 4.26. The summed E-state index contributed by atoms with van der Waals surface area (Å²) in [5.41, 5.74) is 7.76. The van der Waals surface area contributed by atoms with Crippen LogP contribution in [0.3, 0.4) is 0 Å². The first kappa shape index (κ1) is 19.0. The zero-order valence-electron chi connectivity index (χ0n) is 13.7. The summed E-state index contributed by atoms with van der Waals surface area (Å²) in [4.78, 5) is 37.4. The summed E-state index contributed by atoms with van der Waals surface area (Å²) >= 11 is 0. The highest BCUT2D eigenvalue weighted by molar-refractivity contribution is 6.05. The van der Waals surface area contributed by atoms with Crippen molar-refractivity contribution in [3.63, 3.8) is 0 Å². The minimum absolute atomic E-state index is 0. The number of fused-ring (bicyclic) bond motifs is 1. The highest BCUT2D eigenvalue weighted by atomic mass is 35.5. The molecule has 3 amide bonds. The van der Waals surface area contributed by atoms with Gasteiger partial charge in [-0.2, -0.15) is 0 Å². The maximum absolute atomic E-state index is 12.5. The summed E-state index contributed by atoms with van der Waals surface area (Å²) in [6.45, 7) is 0.993. The molecule has 1 aromatic carbocycles. The number of unbranched alkanes of at least 4 members (excludes halogenated alkanes) is 1. The van der Waals surface area contributed by atoms with E-state index in [1.54, 1.807) is 6.07 Å². The number of nitrogens with two attached hydrogens (primary N) is 1. The van der Waals surface area contributed by atoms with Gasteiger partial charge in [0.15, 0.2) is 0 Å².